The molecule has 0 spiro atoms. The summed E-state index contributed by atoms with van der Waals surface area (Å²) in [7, 11) is 1.78. The molecule has 2 aliphatic rings. The van der Waals surface area contributed by atoms with Crippen LogP contribution in [0.2, 0.25) is 0 Å². The zero-order chi connectivity index (χ0) is 26.4. The van der Waals surface area contributed by atoms with Gasteiger partial charge >= 0.3 is 18.9 Å². The first-order valence-electron chi connectivity index (χ1n) is 12.8. The van der Waals surface area contributed by atoms with E-state index in [-0.39, 0.29) is 36.0 Å². The molecule has 4 aromatic rings. The monoisotopic (exact) mass is 518 g/mol. The van der Waals surface area contributed by atoms with E-state index in [2.05, 4.69) is 20.9 Å². The van der Waals surface area contributed by atoms with E-state index in [1.165, 1.54) is 12.3 Å². The molecule has 1 saturated heterocycles. The topological polar surface area (TPSA) is 126 Å². The fourth-order valence-electron chi connectivity index (χ4n) is 5.39. The van der Waals surface area contributed by atoms with E-state index < -0.39 is 5.97 Å². The molecule has 0 atom stereocenters. The molecule has 0 aliphatic carbocycles. The van der Waals surface area contributed by atoms with Gasteiger partial charge in [0, 0.05) is 61.1 Å². The molecule has 1 fully saturated rings. The number of carbonyl (C=O) groups is 1. The van der Waals surface area contributed by atoms with E-state index >= 15 is 0 Å². The number of anilines is 2. The summed E-state index contributed by atoms with van der Waals surface area (Å²) in [5.74, 6) is -0.567. The summed E-state index contributed by atoms with van der Waals surface area (Å²) in [4.78, 5) is 44.5. The van der Waals surface area contributed by atoms with Crippen LogP contribution >= 0.6 is 0 Å². The van der Waals surface area contributed by atoms with Crippen molar-refractivity contribution in [1.82, 2.24) is 24.5 Å². The molecule has 0 N–H and O–H groups in total. The first-order valence-corrected chi connectivity index (χ1v) is 12.8. The van der Waals surface area contributed by atoms with Crippen molar-refractivity contribution in [3.05, 3.63) is 69.7 Å². The van der Waals surface area contributed by atoms with Gasteiger partial charge in [0.05, 0.1) is 34.9 Å². The third kappa shape index (κ3) is 4.96. The van der Waals surface area contributed by atoms with Crippen LogP contribution in [0.4, 0.5) is 11.4 Å². The minimum atomic E-state index is -1.32. The minimum absolute atomic E-state index is 0. The Hall–Kier alpha value is -3.58. The predicted octanol–water partition coefficient (Wildman–Crippen LogP) is -0.560. The summed E-state index contributed by atoms with van der Waals surface area (Å²) in [5, 5.41) is 12.0. The van der Waals surface area contributed by atoms with Gasteiger partial charge in [-0.1, -0.05) is 0 Å². The van der Waals surface area contributed by atoms with Crippen LogP contribution < -0.4 is 34.4 Å². The molecule has 0 unspecified atom stereocenters. The van der Waals surface area contributed by atoms with E-state index in [0.717, 1.165) is 60.4 Å². The van der Waals surface area contributed by atoms with Crippen molar-refractivity contribution in [3.63, 3.8) is 0 Å². The molecule has 39 heavy (non-hydrogen) atoms. The first-order chi connectivity index (χ1) is 18.4. The van der Waals surface area contributed by atoms with E-state index in [1.54, 1.807) is 17.7 Å². The molecule has 0 amide bonds. The van der Waals surface area contributed by atoms with E-state index in [4.69, 9.17) is 14.7 Å². The fraction of sp³-hybridized carbons (Fsp3) is 0.357. The number of aromatic carboxylic acids is 1. The quantitative estimate of drug-likeness (QED) is 0.327. The maximum absolute atomic E-state index is 12.8. The summed E-state index contributed by atoms with van der Waals surface area (Å²) < 4.78 is 7.22. The van der Waals surface area contributed by atoms with Gasteiger partial charge in [0.2, 0.25) is 0 Å². The Morgan fingerprint density at radius 3 is 2.59 bits per heavy atom. The molecular formula is C28H27LiN6O4. The van der Waals surface area contributed by atoms with Crippen molar-refractivity contribution >= 4 is 28.4 Å². The molecule has 6 rings (SSSR count). The largest absolute Gasteiger partial charge is 1.00 e. The van der Waals surface area contributed by atoms with Crippen LogP contribution in [0.3, 0.4) is 0 Å². The molecule has 0 saturated carbocycles. The second-order valence-electron chi connectivity index (χ2n) is 9.88. The zero-order valence-electron chi connectivity index (χ0n) is 22.3. The normalized spacial score (nSPS) is 15.6. The molecule has 0 aromatic carbocycles. The average Bonchev–Trinajstić information content (AvgIpc) is 2.95. The van der Waals surface area contributed by atoms with Crippen LogP contribution in [0.5, 0.6) is 0 Å². The van der Waals surface area contributed by atoms with Gasteiger partial charge in [-0.15, -0.1) is 0 Å². The van der Waals surface area contributed by atoms with Crippen molar-refractivity contribution in [2.75, 3.05) is 24.7 Å². The third-order valence-electron chi connectivity index (χ3n) is 7.45. The Labute approximate surface area is 237 Å². The van der Waals surface area contributed by atoms with Crippen molar-refractivity contribution in [3.8, 4) is 11.4 Å². The minimum Gasteiger partial charge on any atom is -0.543 e. The number of rotatable bonds is 4. The summed E-state index contributed by atoms with van der Waals surface area (Å²) in [6.45, 7) is 4.02. The molecule has 2 aliphatic heterocycles. The number of carbonyl (C=O) groups excluding carboxylic acids is 1. The molecule has 0 radical (unpaired) electrons. The van der Waals surface area contributed by atoms with Crippen LogP contribution in [0.1, 0.15) is 52.6 Å². The predicted molar refractivity (Wildman–Crippen MR) is 139 cm³/mol. The number of ether oxygens (including phenoxy) is 1. The van der Waals surface area contributed by atoms with Gasteiger partial charge in [0.25, 0.3) is 5.56 Å². The number of aryl methyl sites for hydroxylation is 3. The Morgan fingerprint density at radius 1 is 1.08 bits per heavy atom. The molecule has 4 aromatic heterocycles. The van der Waals surface area contributed by atoms with E-state index in [9.17, 15) is 14.7 Å². The van der Waals surface area contributed by atoms with Crippen LogP contribution in [-0.4, -0.2) is 50.2 Å². The molecule has 0 bridgehead atoms. The Bertz CT molecular complexity index is 1620. The number of hydrogen-bond acceptors (Lipinski definition) is 9. The number of carboxylic acids is 1. The van der Waals surface area contributed by atoms with Gasteiger partial charge < -0.3 is 19.5 Å². The van der Waals surface area contributed by atoms with Crippen LogP contribution in [-0.2, 0) is 18.2 Å². The first kappa shape index (κ1) is 27.0. The van der Waals surface area contributed by atoms with Gasteiger partial charge in [0.1, 0.15) is 5.65 Å². The standard InChI is InChI=1S/C28H28N6O4.Li/c1-16-12-19-23(13-22(17-7-10-38-11-8-17)32-26(19)33(2)27(16)35)34-9-3-4-20-24(34)15-30-25(31-20)18-5-6-21(28(36)37)29-14-18;/h5-6,12-15,17H,3-4,7-11H2,1-2H3,(H,36,37);/q;+1/p-1. The SMILES string of the molecule is Cc1cc2c(N3CCCc4nc(-c5ccc(C(=O)[O-])nc5)ncc43)cc(C3CCOCC3)nc2n(C)c1=O.[Li+]. The van der Waals surface area contributed by atoms with Crippen molar-refractivity contribution in [2.24, 2.45) is 7.05 Å². The number of aromatic nitrogens is 5. The summed E-state index contributed by atoms with van der Waals surface area (Å²) in [6, 6.07) is 7.13. The number of carboxylic acid groups (broad SMARTS) is 1. The van der Waals surface area contributed by atoms with Crippen molar-refractivity contribution in [2.45, 2.75) is 38.5 Å². The second-order valence-corrected chi connectivity index (χ2v) is 9.88. The van der Waals surface area contributed by atoms with E-state index in [1.807, 2.05) is 19.2 Å². The molecule has 194 valence electrons. The second kappa shape index (κ2) is 10.9. The summed E-state index contributed by atoms with van der Waals surface area (Å²) in [6.07, 6.45) is 6.74. The number of fused-ring (bicyclic) bond motifs is 2. The maximum atomic E-state index is 12.8. The Kier molecular flexibility index (Phi) is 7.54. The maximum Gasteiger partial charge on any atom is 1.00 e. The average molecular weight is 519 g/mol. The van der Waals surface area contributed by atoms with Crippen molar-refractivity contribution in [1.29, 1.82) is 0 Å². The zero-order valence-corrected chi connectivity index (χ0v) is 22.3. The molecule has 10 nitrogen and oxygen atoms in total. The molecule has 11 heteroatoms. The van der Waals surface area contributed by atoms with Crippen LogP contribution in [0.15, 0.2) is 41.5 Å². The van der Waals surface area contributed by atoms with Crippen LogP contribution in [0.25, 0.3) is 22.4 Å². The molecular weight excluding hydrogens is 491 g/mol. The number of nitrogens with zero attached hydrogens (tertiary/aromatic N) is 6. The van der Waals surface area contributed by atoms with Gasteiger partial charge in [-0.05, 0) is 56.9 Å². The number of pyridine rings is 3. The Balaban J connectivity index is 0.00000308. The fourth-order valence-corrected chi connectivity index (χ4v) is 5.39. The van der Waals surface area contributed by atoms with Gasteiger partial charge in [-0.2, -0.15) is 0 Å². The molecule has 6 heterocycles. The number of hydrogen-bond donors (Lipinski definition) is 0. The smallest absolute Gasteiger partial charge is 0.543 e. The van der Waals surface area contributed by atoms with Gasteiger partial charge in [-0.25, -0.2) is 15.0 Å². The van der Waals surface area contributed by atoms with Gasteiger partial charge in [0.15, 0.2) is 5.82 Å². The van der Waals surface area contributed by atoms with Gasteiger partial charge in [-0.3, -0.25) is 14.3 Å². The third-order valence-corrected chi connectivity index (χ3v) is 7.45. The van der Waals surface area contributed by atoms with E-state index in [0.29, 0.717) is 35.8 Å². The van der Waals surface area contributed by atoms with Crippen LogP contribution in [0, 0.1) is 6.92 Å². The van der Waals surface area contributed by atoms with Crippen molar-refractivity contribution < 1.29 is 33.5 Å². The summed E-state index contributed by atoms with van der Waals surface area (Å²) in [5.41, 5.74) is 5.57. The summed E-state index contributed by atoms with van der Waals surface area (Å²) >= 11 is 0. The Morgan fingerprint density at radius 2 is 1.87 bits per heavy atom.